The first-order valence-corrected chi connectivity index (χ1v) is 10.7. The minimum Gasteiger partial charge on any atom is -0.497 e. The highest BCUT2D eigenvalue weighted by atomic mass is 32.1. The molecule has 3 rings (SSSR count). The van der Waals surface area contributed by atoms with Crippen LogP contribution in [-0.2, 0) is 9.53 Å². The lowest BCUT2D eigenvalue weighted by atomic mass is 9.92. The molecule has 0 atom stereocenters. The zero-order valence-electron chi connectivity index (χ0n) is 18.1. The van der Waals surface area contributed by atoms with Gasteiger partial charge in [-0.25, -0.2) is 4.79 Å². The van der Waals surface area contributed by atoms with Crippen molar-refractivity contribution >= 4 is 39.0 Å². The van der Waals surface area contributed by atoms with Gasteiger partial charge < -0.3 is 14.8 Å². The molecule has 0 aliphatic carbocycles. The third kappa shape index (κ3) is 4.93. The van der Waals surface area contributed by atoms with Crippen molar-refractivity contribution in [3.05, 3.63) is 45.7 Å². The maximum absolute atomic E-state index is 13.4. The number of thiophene rings is 1. The SMILES string of the molecule is CCOC(=O)c1nn(-c2cccc(OC)c2)c(=O)c2c(NC(=O)CC(C)(C)C)scc12. The number of anilines is 1. The van der Waals surface area contributed by atoms with Crippen LogP contribution in [0.15, 0.2) is 34.4 Å². The number of fused-ring (bicyclic) bond motifs is 1. The van der Waals surface area contributed by atoms with Gasteiger partial charge in [-0.1, -0.05) is 26.8 Å². The zero-order valence-corrected chi connectivity index (χ0v) is 19.0. The average molecular weight is 444 g/mol. The summed E-state index contributed by atoms with van der Waals surface area (Å²) in [5.74, 6) is -0.319. The van der Waals surface area contributed by atoms with Crippen molar-refractivity contribution in [1.29, 1.82) is 0 Å². The third-order valence-electron chi connectivity index (χ3n) is 4.36. The van der Waals surface area contributed by atoms with Gasteiger partial charge in [-0.2, -0.15) is 9.78 Å². The summed E-state index contributed by atoms with van der Waals surface area (Å²) >= 11 is 1.17. The predicted molar refractivity (Wildman–Crippen MR) is 120 cm³/mol. The van der Waals surface area contributed by atoms with E-state index in [0.29, 0.717) is 21.8 Å². The van der Waals surface area contributed by atoms with Crippen molar-refractivity contribution in [2.24, 2.45) is 5.41 Å². The number of hydrogen-bond donors (Lipinski definition) is 1. The molecule has 1 N–H and O–H groups in total. The number of esters is 1. The molecule has 0 radical (unpaired) electrons. The number of amides is 1. The van der Waals surface area contributed by atoms with E-state index in [9.17, 15) is 14.4 Å². The number of carbonyl (C=O) groups excluding carboxylic acids is 2. The largest absolute Gasteiger partial charge is 0.497 e. The topological polar surface area (TPSA) is 99.5 Å². The molecule has 2 aromatic heterocycles. The molecule has 8 nitrogen and oxygen atoms in total. The standard InChI is InChI=1S/C22H25N3O5S/c1-6-30-21(28)18-15-12-31-19(23-16(26)11-22(2,3)4)17(15)20(27)25(24-18)13-8-7-9-14(10-13)29-5/h7-10,12H,6,11H2,1-5H3,(H,23,26). The van der Waals surface area contributed by atoms with Gasteiger partial charge in [0.15, 0.2) is 5.69 Å². The summed E-state index contributed by atoms with van der Waals surface area (Å²) in [6, 6.07) is 6.78. The van der Waals surface area contributed by atoms with Crippen molar-refractivity contribution in [2.75, 3.05) is 19.0 Å². The summed E-state index contributed by atoms with van der Waals surface area (Å²) in [4.78, 5) is 38.5. The van der Waals surface area contributed by atoms with E-state index in [-0.39, 0.29) is 35.4 Å². The van der Waals surface area contributed by atoms with Gasteiger partial charge >= 0.3 is 5.97 Å². The summed E-state index contributed by atoms with van der Waals surface area (Å²) in [5.41, 5.74) is -0.235. The van der Waals surface area contributed by atoms with E-state index < -0.39 is 11.5 Å². The average Bonchev–Trinajstić information content (AvgIpc) is 3.11. The smallest absolute Gasteiger partial charge is 0.359 e. The summed E-state index contributed by atoms with van der Waals surface area (Å²) in [6.07, 6.45) is 0.284. The Kier molecular flexibility index (Phi) is 6.45. The number of hydrogen-bond acceptors (Lipinski definition) is 7. The quantitative estimate of drug-likeness (QED) is 0.578. The van der Waals surface area contributed by atoms with Crippen molar-refractivity contribution < 1.29 is 19.1 Å². The van der Waals surface area contributed by atoms with Gasteiger partial charge in [0.05, 0.1) is 24.8 Å². The molecular weight excluding hydrogens is 418 g/mol. The molecule has 0 aliphatic rings. The molecule has 1 aromatic carbocycles. The molecule has 3 aromatic rings. The van der Waals surface area contributed by atoms with Crippen molar-refractivity contribution in [3.8, 4) is 11.4 Å². The zero-order chi connectivity index (χ0) is 22.8. The maximum atomic E-state index is 13.4. The minimum atomic E-state index is -0.644. The normalized spacial score (nSPS) is 11.4. The fraction of sp³-hybridized carbons (Fsp3) is 0.364. The number of aromatic nitrogens is 2. The van der Waals surface area contributed by atoms with Gasteiger partial charge in [0.2, 0.25) is 5.91 Å². The number of carbonyl (C=O) groups is 2. The summed E-state index contributed by atoms with van der Waals surface area (Å²) in [6.45, 7) is 7.73. The number of ether oxygens (including phenoxy) is 2. The molecule has 9 heteroatoms. The minimum absolute atomic E-state index is 0.00633. The lowest BCUT2D eigenvalue weighted by Crippen LogP contribution is -2.26. The van der Waals surface area contributed by atoms with Gasteiger partial charge in [-0.3, -0.25) is 9.59 Å². The predicted octanol–water partition coefficient (Wildman–Crippen LogP) is 4.01. The van der Waals surface area contributed by atoms with Crippen LogP contribution in [0.4, 0.5) is 5.00 Å². The van der Waals surface area contributed by atoms with E-state index in [1.54, 1.807) is 36.6 Å². The number of methoxy groups -OCH3 is 1. The first-order valence-electron chi connectivity index (χ1n) is 9.80. The highest BCUT2D eigenvalue weighted by Gasteiger charge is 2.24. The van der Waals surface area contributed by atoms with Crippen LogP contribution in [0.1, 0.15) is 44.6 Å². The monoisotopic (exact) mass is 443 g/mol. The molecule has 2 heterocycles. The Morgan fingerprint density at radius 3 is 2.65 bits per heavy atom. The van der Waals surface area contributed by atoms with E-state index in [1.165, 1.54) is 18.4 Å². The molecule has 1 amide bonds. The molecular formula is C22H25N3O5S. The second-order valence-corrected chi connectivity index (χ2v) is 9.01. The molecule has 0 unspecified atom stereocenters. The van der Waals surface area contributed by atoms with Crippen LogP contribution in [0.2, 0.25) is 0 Å². The molecule has 31 heavy (non-hydrogen) atoms. The molecule has 0 spiro atoms. The lowest BCUT2D eigenvalue weighted by Gasteiger charge is -2.17. The van der Waals surface area contributed by atoms with E-state index in [2.05, 4.69) is 10.4 Å². The molecule has 0 bridgehead atoms. The van der Waals surface area contributed by atoms with Gasteiger partial charge in [0.25, 0.3) is 5.56 Å². The Morgan fingerprint density at radius 2 is 2.00 bits per heavy atom. The summed E-state index contributed by atoms with van der Waals surface area (Å²) in [7, 11) is 1.52. The molecule has 164 valence electrons. The summed E-state index contributed by atoms with van der Waals surface area (Å²) in [5, 5.41) is 9.68. The molecule has 0 fully saturated rings. The van der Waals surface area contributed by atoms with Crippen LogP contribution >= 0.6 is 11.3 Å². The lowest BCUT2D eigenvalue weighted by molar-refractivity contribution is -0.117. The fourth-order valence-electron chi connectivity index (χ4n) is 3.06. The Bertz CT molecular complexity index is 1190. The molecule has 0 saturated carbocycles. The van der Waals surface area contributed by atoms with Gasteiger partial charge in [-0.15, -0.1) is 11.3 Å². The first-order chi connectivity index (χ1) is 14.6. The number of benzene rings is 1. The van der Waals surface area contributed by atoms with Crippen LogP contribution in [-0.4, -0.2) is 35.4 Å². The Morgan fingerprint density at radius 1 is 1.26 bits per heavy atom. The number of nitrogens with one attached hydrogen (secondary N) is 1. The van der Waals surface area contributed by atoms with Gasteiger partial charge in [-0.05, 0) is 24.5 Å². The second kappa shape index (κ2) is 8.89. The van der Waals surface area contributed by atoms with Crippen molar-refractivity contribution in [1.82, 2.24) is 9.78 Å². The highest BCUT2D eigenvalue weighted by Crippen LogP contribution is 2.31. The highest BCUT2D eigenvalue weighted by molar-refractivity contribution is 7.16. The van der Waals surface area contributed by atoms with E-state index in [0.717, 1.165) is 4.68 Å². The number of nitrogens with zero attached hydrogens (tertiary/aromatic N) is 2. The molecule has 0 aliphatic heterocycles. The molecule has 0 saturated heterocycles. The second-order valence-electron chi connectivity index (χ2n) is 8.13. The number of rotatable bonds is 6. The Labute approximate surface area is 183 Å². The maximum Gasteiger partial charge on any atom is 0.359 e. The first kappa shape index (κ1) is 22.5. The van der Waals surface area contributed by atoms with Gasteiger partial charge in [0.1, 0.15) is 10.8 Å². The third-order valence-corrected chi connectivity index (χ3v) is 5.26. The Balaban J connectivity index is 2.21. The van der Waals surface area contributed by atoms with Crippen LogP contribution in [0, 0.1) is 5.41 Å². The van der Waals surface area contributed by atoms with Crippen LogP contribution in [0.5, 0.6) is 5.75 Å². The fourth-order valence-corrected chi connectivity index (χ4v) is 4.01. The van der Waals surface area contributed by atoms with Crippen molar-refractivity contribution in [2.45, 2.75) is 34.1 Å². The van der Waals surface area contributed by atoms with E-state index in [4.69, 9.17) is 9.47 Å². The van der Waals surface area contributed by atoms with Gasteiger partial charge in [0, 0.05) is 23.3 Å². The summed E-state index contributed by atoms with van der Waals surface area (Å²) < 4.78 is 11.5. The van der Waals surface area contributed by atoms with Crippen molar-refractivity contribution in [3.63, 3.8) is 0 Å². The van der Waals surface area contributed by atoms with Crippen LogP contribution < -0.4 is 15.6 Å². The van der Waals surface area contributed by atoms with Crippen LogP contribution in [0.25, 0.3) is 16.5 Å². The van der Waals surface area contributed by atoms with E-state index >= 15 is 0 Å². The van der Waals surface area contributed by atoms with Crippen LogP contribution in [0.3, 0.4) is 0 Å². The Hall–Kier alpha value is -3.20. The van der Waals surface area contributed by atoms with E-state index in [1.807, 2.05) is 20.8 Å².